The minimum Gasteiger partial charge on any atom is -0.507 e. The molecule has 0 unspecified atom stereocenters. The lowest BCUT2D eigenvalue weighted by molar-refractivity contribution is -0.130. The van der Waals surface area contributed by atoms with Gasteiger partial charge in [0.05, 0.1) is 9.79 Å². The monoisotopic (exact) mass is 286 g/mol. The van der Waals surface area contributed by atoms with Crippen LogP contribution >= 0.6 is 11.8 Å². The molecule has 0 aliphatic rings. The number of carbonyl (C=O) groups excluding carboxylic acids is 1. The first kappa shape index (κ1) is 14.2. The third kappa shape index (κ3) is 3.42. The molecule has 2 rings (SSSR count). The zero-order chi connectivity index (χ0) is 14.5. The van der Waals surface area contributed by atoms with Crippen LogP contribution in [0.2, 0.25) is 0 Å². The Labute approximate surface area is 121 Å². The topological polar surface area (TPSA) is 46.5 Å². The fourth-order valence-electron chi connectivity index (χ4n) is 1.47. The predicted octanol–water partition coefficient (Wildman–Crippen LogP) is 4.02. The third-order valence-corrected chi connectivity index (χ3v) is 3.61. The standard InChI is InChI=1S/C16H14O3S/c1-11(2)16(18)19-13-8-4-6-10-15(13)20-14-9-5-3-7-12(14)17/h3-10,17H,1H2,2H3. The number of carbonyl (C=O) groups is 1. The predicted molar refractivity (Wildman–Crippen MR) is 79.1 cm³/mol. The van der Waals surface area contributed by atoms with Crippen molar-refractivity contribution in [2.45, 2.75) is 16.7 Å². The summed E-state index contributed by atoms with van der Waals surface area (Å²) in [7, 11) is 0. The molecule has 0 aromatic heterocycles. The smallest absolute Gasteiger partial charge is 0.338 e. The van der Waals surface area contributed by atoms with Gasteiger partial charge in [-0.3, -0.25) is 0 Å². The lowest BCUT2D eigenvalue weighted by atomic mass is 10.3. The van der Waals surface area contributed by atoms with E-state index in [0.29, 0.717) is 16.2 Å². The van der Waals surface area contributed by atoms with Crippen molar-refractivity contribution >= 4 is 17.7 Å². The van der Waals surface area contributed by atoms with Gasteiger partial charge in [0.1, 0.15) is 11.5 Å². The number of ether oxygens (including phenoxy) is 1. The Balaban J connectivity index is 2.27. The zero-order valence-electron chi connectivity index (χ0n) is 11.0. The van der Waals surface area contributed by atoms with Crippen molar-refractivity contribution in [3.05, 3.63) is 60.7 Å². The maximum Gasteiger partial charge on any atom is 0.338 e. The van der Waals surface area contributed by atoms with Crippen LogP contribution in [0.25, 0.3) is 0 Å². The summed E-state index contributed by atoms with van der Waals surface area (Å²) < 4.78 is 5.28. The lowest BCUT2D eigenvalue weighted by Crippen LogP contribution is -2.08. The van der Waals surface area contributed by atoms with Crippen LogP contribution in [0, 0.1) is 0 Å². The Bertz CT molecular complexity index is 650. The van der Waals surface area contributed by atoms with Crippen molar-refractivity contribution in [1.29, 1.82) is 0 Å². The third-order valence-electron chi connectivity index (χ3n) is 2.49. The molecule has 0 aliphatic heterocycles. The maximum atomic E-state index is 11.6. The summed E-state index contributed by atoms with van der Waals surface area (Å²) in [6, 6.07) is 14.2. The van der Waals surface area contributed by atoms with Gasteiger partial charge in [-0.05, 0) is 31.2 Å². The average Bonchev–Trinajstić information content (AvgIpc) is 2.43. The van der Waals surface area contributed by atoms with Crippen molar-refractivity contribution in [1.82, 2.24) is 0 Å². The fourth-order valence-corrected chi connectivity index (χ4v) is 2.38. The van der Waals surface area contributed by atoms with Crippen molar-refractivity contribution in [3.8, 4) is 11.5 Å². The molecular formula is C16H14O3S. The quantitative estimate of drug-likeness (QED) is 0.524. The number of aromatic hydroxyl groups is 1. The van der Waals surface area contributed by atoms with Crippen LogP contribution in [-0.2, 0) is 4.79 Å². The molecule has 20 heavy (non-hydrogen) atoms. The molecule has 0 amide bonds. The van der Waals surface area contributed by atoms with E-state index in [2.05, 4.69) is 6.58 Å². The van der Waals surface area contributed by atoms with E-state index in [-0.39, 0.29) is 5.75 Å². The Morgan fingerprint density at radius 2 is 1.70 bits per heavy atom. The number of hydrogen-bond acceptors (Lipinski definition) is 4. The largest absolute Gasteiger partial charge is 0.507 e. The molecule has 2 aromatic rings. The number of phenolic OH excluding ortho intramolecular Hbond substituents is 1. The number of hydrogen-bond donors (Lipinski definition) is 1. The van der Waals surface area contributed by atoms with Crippen LogP contribution in [0.1, 0.15) is 6.92 Å². The minimum absolute atomic E-state index is 0.193. The van der Waals surface area contributed by atoms with Gasteiger partial charge in [-0.1, -0.05) is 42.6 Å². The second-order valence-electron chi connectivity index (χ2n) is 4.19. The second kappa shape index (κ2) is 6.30. The molecular weight excluding hydrogens is 272 g/mol. The molecule has 0 spiro atoms. The Kier molecular flexibility index (Phi) is 4.48. The lowest BCUT2D eigenvalue weighted by Gasteiger charge is -2.10. The van der Waals surface area contributed by atoms with E-state index in [1.807, 2.05) is 18.2 Å². The van der Waals surface area contributed by atoms with Crippen LogP contribution in [-0.4, -0.2) is 11.1 Å². The summed E-state index contributed by atoms with van der Waals surface area (Å²) in [5.74, 6) is 0.183. The van der Waals surface area contributed by atoms with Crippen molar-refractivity contribution in [2.24, 2.45) is 0 Å². The van der Waals surface area contributed by atoms with E-state index < -0.39 is 5.97 Å². The van der Waals surface area contributed by atoms with E-state index in [9.17, 15) is 9.90 Å². The van der Waals surface area contributed by atoms with E-state index in [4.69, 9.17) is 4.74 Å². The highest BCUT2D eigenvalue weighted by molar-refractivity contribution is 7.99. The van der Waals surface area contributed by atoms with Crippen LogP contribution in [0.5, 0.6) is 11.5 Å². The summed E-state index contributed by atoms with van der Waals surface area (Å²) in [6.07, 6.45) is 0. The summed E-state index contributed by atoms with van der Waals surface area (Å²) in [5.41, 5.74) is 0.340. The summed E-state index contributed by atoms with van der Waals surface area (Å²) in [6.45, 7) is 5.16. The van der Waals surface area contributed by atoms with E-state index >= 15 is 0 Å². The molecule has 4 heteroatoms. The number of rotatable bonds is 4. The normalized spacial score (nSPS) is 10.1. The molecule has 0 heterocycles. The minimum atomic E-state index is -0.463. The van der Waals surface area contributed by atoms with Crippen LogP contribution in [0.15, 0.2) is 70.5 Å². The van der Waals surface area contributed by atoms with E-state index in [0.717, 1.165) is 4.90 Å². The van der Waals surface area contributed by atoms with Gasteiger partial charge in [-0.25, -0.2) is 4.79 Å². The van der Waals surface area contributed by atoms with Gasteiger partial charge in [0.15, 0.2) is 0 Å². The van der Waals surface area contributed by atoms with Crippen LogP contribution in [0.3, 0.4) is 0 Å². The van der Waals surface area contributed by atoms with Gasteiger partial charge < -0.3 is 9.84 Å². The SMILES string of the molecule is C=C(C)C(=O)Oc1ccccc1Sc1ccccc1O. The Hall–Kier alpha value is -2.20. The first-order valence-corrected chi connectivity index (χ1v) is 6.82. The van der Waals surface area contributed by atoms with Gasteiger partial charge in [0.2, 0.25) is 0 Å². The summed E-state index contributed by atoms with van der Waals surface area (Å²) >= 11 is 1.34. The highest BCUT2D eigenvalue weighted by atomic mass is 32.2. The van der Waals surface area contributed by atoms with Gasteiger partial charge in [-0.2, -0.15) is 0 Å². The highest BCUT2D eigenvalue weighted by Crippen LogP contribution is 2.38. The van der Waals surface area contributed by atoms with Crippen LogP contribution in [0.4, 0.5) is 0 Å². The molecule has 0 saturated carbocycles. The molecule has 1 N–H and O–H groups in total. The maximum absolute atomic E-state index is 11.6. The highest BCUT2D eigenvalue weighted by Gasteiger charge is 2.11. The average molecular weight is 286 g/mol. The van der Waals surface area contributed by atoms with Gasteiger partial charge in [0, 0.05) is 5.57 Å². The number of para-hydroxylation sites is 2. The van der Waals surface area contributed by atoms with Gasteiger partial charge in [-0.15, -0.1) is 0 Å². The van der Waals surface area contributed by atoms with E-state index in [1.165, 1.54) is 11.8 Å². The molecule has 3 nitrogen and oxygen atoms in total. The first-order chi connectivity index (χ1) is 9.58. The number of phenols is 1. The molecule has 0 saturated heterocycles. The van der Waals surface area contributed by atoms with Gasteiger partial charge in [0.25, 0.3) is 0 Å². The van der Waals surface area contributed by atoms with Gasteiger partial charge >= 0.3 is 5.97 Å². The van der Waals surface area contributed by atoms with Crippen molar-refractivity contribution < 1.29 is 14.6 Å². The molecule has 0 atom stereocenters. The van der Waals surface area contributed by atoms with Crippen molar-refractivity contribution in [3.63, 3.8) is 0 Å². The molecule has 102 valence electrons. The van der Waals surface area contributed by atoms with Crippen LogP contribution < -0.4 is 4.74 Å². The molecule has 0 bridgehead atoms. The number of benzene rings is 2. The zero-order valence-corrected chi connectivity index (χ0v) is 11.8. The van der Waals surface area contributed by atoms with E-state index in [1.54, 1.807) is 37.3 Å². The Morgan fingerprint density at radius 1 is 1.10 bits per heavy atom. The number of esters is 1. The fraction of sp³-hybridized carbons (Fsp3) is 0.0625. The molecule has 0 fully saturated rings. The second-order valence-corrected chi connectivity index (χ2v) is 5.27. The summed E-state index contributed by atoms with van der Waals surface area (Å²) in [5, 5.41) is 9.79. The molecule has 2 aromatic carbocycles. The molecule has 0 aliphatic carbocycles. The van der Waals surface area contributed by atoms with Crippen molar-refractivity contribution in [2.75, 3.05) is 0 Å². The summed E-state index contributed by atoms with van der Waals surface area (Å²) in [4.78, 5) is 13.1. The Morgan fingerprint density at radius 3 is 2.35 bits per heavy atom. The molecule has 0 radical (unpaired) electrons. The first-order valence-electron chi connectivity index (χ1n) is 6.00.